The van der Waals surface area contributed by atoms with Crippen LogP contribution in [-0.2, 0) is 21.7 Å². The van der Waals surface area contributed by atoms with Crippen molar-refractivity contribution < 1.29 is 4.74 Å². The number of hydrogen-bond acceptors (Lipinski definition) is 4. The summed E-state index contributed by atoms with van der Waals surface area (Å²) in [7, 11) is 0. The first-order chi connectivity index (χ1) is 40.5. The first-order valence-corrected chi connectivity index (χ1v) is 30.6. The van der Waals surface area contributed by atoms with E-state index in [1.807, 2.05) is 6.20 Å². The Morgan fingerprint density at radius 2 is 0.929 bits per heavy atom. The first kappa shape index (κ1) is 56.8. The highest BCUT2D eigenvalue weighted by Gasteiger charge is 2.34. The summed E-state index contributed by atoms with van der Waals surface area (Å²) in [6, 6.07) is 78.8. The number of aromatic nitrogens is 2. The molecule has 5 nitrogen and oxygen atoms in total. The van der Waals surface area contributed by atoms with Crippen LogP contribution < -0.4 is 14.5 Å². The molecule has 12 rings (SSSR count). The van der Waals surface area contributed by atoms with Crippen LogP contribution in [0.1, 0.15) is 153 Å². The number of fused-ring (bicyclic) bond motifs is 4. The van der Waals surface area contributed by atoms with E-state index >= 15 is 0 Å². The van der Waals surface area contributed by atoms with Crippen molar-refractivity contribution in [2.24, 2.45) is 0 Å². The third kappa shape index (κ3) is 10.7. The average Bonchev–Trinajstić information content (AvgIpc) is 2.93. The zero-order valence-electron chi connectivity index (χ0n) is 52.3. The van der Waals surface area contributed by atoms with Gasteiger partial charge in [-0.3, -0.25) is 4.57 Å². The van der Waals surface area contributed by atoms with Crippen molar-refractivity contribution in [2.75, 3.05) is 16.5 Å². The van der Waals surface area contributed by atoms with Crippen LogP contribution in [0, 0.1) is 0 Å². The molecule has 0 atom stereocenters. The minimum atomic E-state index is -0.276. The fraction of sp³-hybridized carbons (Fsp3) is 0.263. The van der Waals surface area contributed by atoms with Crippen LogP contribution in [0.15, 0.2) is 219 Å². The molecule has 0 spiro atoms. The van der Waals surface area contributed by atoms with Gasteiger partial charge in [-0.2, -0.15) is 0 Å². The Morgan fingerprint density at radius 1 is 0.388 bits per heavy atom. The molecule has 1 aliphatic rings. The Bertz CT molecular complexity index is 4240. The lowest BCUT2D eigenvalue weighted by molar-refractivity contribution is 0.483. The van der Waals surface area contributed by atoms with Gasteiger partial charge in [0, 0.05) is 51.3 Å². The molecule has 1 aliphatic heterocycles. The average molecular weight is 1120 g/mol. The SMILES string of the molecule is CC(C)c1cccc(C(C)C)c1-c1cc(Oc2ccc3c4ccc(C(C)(C)c5ccccc5)cc4n(-c4cc(C(C)(C)C)ccn4)c3c2)cc(N2CN(c3cc(-c4ccccc4)cc(C(C)(C)c4ccccc4)c3)c3cc(C(C)(C)C)ccc32)c1. The van der Waals surface area contributed by atoms with Gasteiger partial charge in [0.2, 0.25) is 0 Å². The van der Waals surface area contributed by atoms with Gasteiger partial charge in [0.15, 0.2) is 0 Å². The van der Waals surface area contributed by atoms with E-state index in [2.05, 4.69) is 324 Å². The van der Waals surface area contributed by atoms with Crippen molar-refractivity contribution in [3.8, 4) is 39.6 Å². The minimum absolute atomic E-state index is 0.0749. The molecule has 11 aromatic rings. The summed E-state index contributed by atoms with van der Waals surface area (Å²) in [5.74, 6) is 2.99. The summed E-state index contributed by atoms with van der Waals surface area (Å²) in [5, 5.41) is 2.32. The van der Waals surface area contributed by atoms with Crippen molar-refractivity contribution in [1.82, 2.24) is 9.55 Å². The quantitative estimate of drug-likeness (QED) is 0.115. The van der Waals surface area contributed by atoms with Gasteiger partial charge >= 0.3 is 0 Å². The summed E-state index contributed by atoms with van der Waals surface area (Å²) in [6.45, 7) is 32.9. The molecular formula is C80H82N4O. The van der Waals surface area contributed by atoms with Crippen molar-refractivity contribution in [2.45, 2.75) is 130 Å². The predicted molar refractivity (Wildman–Crippen MR) is 361 cm³/mol. The standard InChI is InChI=1S/C80H82N4O/c1-52(2)67-31-24-32-68(53(3)4)76(67)56-43-64(82-51-83(74-46-59(77(5,6)7)34-38-71(74)82)63-42-55(54-25-18-15-19-26-54)41-62(45-63)80(13,14)58-29-22-17-23-30-58)49-66(44-56)85-65-35-37-70-69-36-33-61(79(11,12)57-27-20-16-21-28-57)47-72(69)84(73(70)50-65)75-48-60(39-40-81-75)78(8,9)10/h15-50,52-53H,51H2,1-14H3. The zero-order valence-corrected chi connectivity index (χ0v) is 52.3. The van der Waals surface area contributed by atoms with Gasteiger partial charge in [0.05, 0.1) is 22.4 Å². The summed E-state index contributed by atoms with van der Waals surface area (Å²) >= 11 is 0. The van der Waals surface area contributed by atoms with E-state index in [4.69, 9.17) is 9.72 Å². The first-order valence-electron chi connectivity index (χ1n) is 30.6. The second-order valence-corrected chi connectivity index (χ2v) is 27.4. The van der Waals surface area contributed by atoms with Crippen LogP contribution in [0.2, 0.25) is 0 Å². The molecule has 0 fully saturated rings. The fourth-order valence-corrected chi connectivity index (χ4v) is 12.8. The lowest BCUT2D eigenvalue weighted by Gasteiger charge is -2.30. The number of anilines is 4. The minimum Gasteiger partial charge on any atom is -0.457 e. The van der Waals surface area contributed by atoms with E-state index in [-0.39, 0.29) is 21.7 Å². The van der Waals surface area contributed by atoms with Gasteiger partial charge in [0.25, 0.3) is 0 Å². The number of ether oxygens (including phenoxy) is 1. The molecule has 5 heteroatoms. The molecule has 0 radical (unpaired) electrons. The Labute approximate surface area is 505 Å². The second-order valence-electron chi connectivity index (χ2n) is 27.4. The highest BCUT2D eigenvalue weighted by atomic mass is 16.5. The maximum absolute atomic E-state index is 7.40. The number of pyridine rings is 1. The second kappa shape index (κ2) is 21.8. The molecule has 0 aliphatic carbocycles. The smallest absolute Gasteiger partial charge is 0.137 e. The molecule has 0 N–H and O–H groups in total. The molecule has 0 unspecified atom stereocenters. The number of nitrogens with zero attached hydrogens (tertiary/aromatic N) is 4. The topological polar surface area (TPSA) is 33.5 Å². The van der Waals surface area contributed by atoms with E-state index in [0.29, 0.717) is 18.5 Å². The highest BCUT2D eigenvalue weighted by molar-refractivity contribution is 6.10. The lowest BCUT2D eigenvalue weighted by Crippen LogP contribution is -2.25. The predicted octanol–water partition coefficient (Wildman–Crippen LogP) is 22.0. The van der Waals surface area contributed by atoms with Crippen LogP contribution in [0.4, 0.5) is 22.7 Å². The number of benzene rings is 9. The van der Waals surface area contributed by atoms with Crippen LogP contribution in [-0.4, -0.2) is 16.2 Å². The molecule has 0 saturated carbocycles. The Kier molecular flexibility index (Phi) is 14.5. The zero-order chi connectivity index (χ0) is 59.7. The van der Waals surface area contributed by atoms with Gasteiger partial charge in [-0.15, -0.1) is 0 Å². The van der Waals surface area contributed by atoms with Crippen LogP contribution >= 0.6 is 0 Å². The van der Waals surface area contributed by atoms with Gasteiger partial charge < -0.3 is 14.5 Å². The van der Waals surface area contributed by atoms with Crippen molar-refractivity contribution in [3.05, 3.63) is 263 Å². The maximum atomic E-state index is 7.40. The van der Waals surface area contributed by atoms with E-state index < -0.39 is 0 Å². The van der Waals surface area contributed by atoms with Crippen molar-refractivity contribution >= 4 is 44.6 Å². The fourth-order valence-electron chi connectivity index (χ4n) is 12.8. The van der Waals surface area contributed by atoms with E-state index in [1.54, 1.807) is 0 Å². The molecule has 0 bridgehead atoms. The Morgan fingerprint density at radius 3 is 1.55 bits per heavy atom. The van der Waals surface area contributed by atoms with Crippen LogP contribution in [0.25, 0.3) is 49.9 Å². The highest BCUT2D eigenvalue weighted by Crippen LogP contribution is 2.51. The third-order valence-corrected chi connectivity index (χ3v) is 18.2. The summed E-state index contributed by atoms with van der Waals surface area (Å²) in [4.78, 5) is 10.2. The van der Waals surface area contributed by atoms with Crippen molar-refractivity contribution in [3.63, 3.8) is 0 Å². The van der Waals surface area contributed by atoms with Crippen molar-refractivity contribution in [1.29, 1.82) is 0 Å². The molecular weight excluding hydrogens is 1030 g/mol. The summed E-state index contributed by atoms with van der Waals surface area (Å²) in [5.41, 5.74) is 21.0. The van der Waals surface area contributed by atoms with Gasteiger partial charge in [-0.05, 0) is 156 Å². The normalized spacial score (nSPS) is 13.2. The van der Waals surface area contributed by atoms with E-state index in [9.17, 15) is 0 Å². The maximum Gasteiger partial charge on any atom is 0.137 e. The lowest BCUT2D eigenvalue weighted by atomic mass is 9.77. The summed E-state index contributed by atoms with van der Waals surface area (Å²) in [6.07, 6.45) is 1.96. The van der Waals surface area contributed by atoms with E-state index in [1.165, 1.54) is 72.3 Å². The Hall–Kier alpha value is -8.67. The molecule has 0 saturated heterocycles. The molecule has 0 amide bonds. The summed E-state index contributed by atoms with van der Waals surface area (Å²) < 4.78 is 9.75. The molecule has 2 aromatic heterocycles. The third-order valence-electron chi connectivity index (χ3n) is 18.2. The monoisotopic (exact) mass is 1110 g/mol. The number of hydrogen-bond donors (Lipinski definition) is 0. The van der Waals surface area contributed by atoms with Gasteiger partial charge in [-0.1, -0.05) is 230 Å². The number of rotatable bonds is 13. The molecule has 85 heavy (non-hydrogen) atoms. The van der Waals surface area contributed by atoms with Crippen LogP contribution in [0.5, 0.6) is 11.5 Å². The van der Waals surface area contributed by atoms with Crippen LogP contribution in [0.3, 0.4) is 0 Å². The Balaban J connectivity index is 1.05. The largest absolute Gasteiger partial charge is 0.457 e. The van der Waals surface area contributed by atoms with E-state index in [0.717, 1.165) is 56.4 Å². The molecule has 3 heterocycles. The molecule has 428 valence electrons. The van der Waals surface area contributed by atoms with Gasteiger partial charge in [0.1, 0.15) is 24.0 Å². The molecule has 9 aromatic carbocycles. The van der Waals surface area contributed by atoms with Gasteiger partial charge in [-0.25, -0.2) is 4.98 Å².